The van der Waals surface area contributed by atoms with Gasteiger partial charge >= 0.3 is 5.97 Å². The first-order chi connectivity index (χ1) is 11.5. The highest BCUT2D eigenvalue weighted by Crippen LogP contribution is 2.21. The summed E-state index contributed by atoms with van der Waals surface area (Å²) in [5.74, 6) is -0.909. The van der Waals surface area contributed by atoms with Gasteiger partial charge in [-0.3, -0.25) is 4.79 Å². The van der Waals surface area contributed by atoms with E-state index >= 15 is 0 Å². The van der Waals surface area contributed by atoms with Crippen LogP contribution in [0.25, 0.3) is 11.0 Å². The van der Waals surface area contributed by atoms with E-state index in [1.165, 1.54) is 23.9 Å². The molecule has 0 radical (unpaired) electrons. The molecule has 0 bridgehead atoms. The molecule has 3 rings (SSSR count). The number of aromatic nitrogens is 2. The first-order valence-electron chi connectivity index (χ1n) is 7.23. The van der Waals surface area contributed by atoms with Crippen LogP contribution in [0.15, 0.2) is 47.6 Å². The number of benzene rings is 2. The number of nitrogens with one attached hydrogen (secondary N) is 2. The molecule has 0 aliphatic heterocycles. The fraction of sp³-hybridized carbons (Fsp3) is 0.118. The summed E-state index contributed by atoms with van der Waals surface area (Å²) in [6.07, 6.45) is 0. The number of aromatic amines is 1. The molecular formula is C17H15N3O3S. The maximum Gasteiger partial charge on any atom is 0.335 e. The molecule has 0 fully saturated rings. The Labute approximate surface area is 142 Å². The number of rotatable bonds is 5. The number of hydrogen-bond acceptors (Lipinski definition) is 4. The number of imidazole rings is 1. The summed E-state index contributed by atoms with van der Waals surface area (Å²) in [7, 11) is 0. The predicted octanol–water partition coefficient (Wildman–Crippen LogP) is 3.30. The van der Waals surface area contributed by atoms with Gasteiger partial charge in [0.2, 0.25) is 5.91 Å². The number of nitrogens with zero attached hydrogens (tertiary/aromatic N) is 1. The summed E-state index contributed by atoms with van der Waals surface area (Å²) in [6.45, 7) is 1.98. The van der Waals surface area contributed by atoms with Crippen LogP contribution < -0.4 is 5.32 Å². The van der Waals surface area contributed by atoms with E-state index < -0.39 is 5.97 Å². The molecule has 1 amide bonds. The van der Waals surface area contributed by atoms with Crippen molar-refractivity contribution < 1.29 is 14.7 Å². The van der Waals surface area contributed by atoms with E-state index in [-0.39, 0.29) is 17.2 Å². The molecule has 0 saturated carbocycles. The van der Waals surface area contributed by atoms with E-state index in [4.69, 9.17) is 5.11 Å². The van der Waals surface area contributed by atoms with Crippen molar-refractivity contribution >= 4 is 40.4 Å². The Kier molecular flexibility index (Phi) is 4.52. The Bertz CT molecular complexity index is 903. The number of anilines is 1. The van der Waals surface area contributed by atoms with Gasteiger partial charge in [0.15, 0.2) is 5.16 Å². The fourth-order valence-electron chi connectivity index (χ4n) is 2.16. The van der Waals surface area contributed by atoms with Gasteiger partial charge in [-0.1, -0.05) is 29.5 Å². The molecule has 0 unspecified atom stereocenters. The maximum absolute atomic E-state index is 12.0. The van der Waals surface area contributed by atoms with Gasteiger partial charge in [0, 0.05) is 5.69 Å². The monoisotopic (exact) mass is 341 g/mol. The molecule has 7 heteroatoms. The first kappa shape index (κ1) is 16.1. The van der Waals surface area contributed by atoms with Crippen LogP contribution in [0.1, 0.15) is 15.9 Å². The molecule has 6 nitrogen and oxygen atoms in total. The molecule has 3 aromatic rings. The van der Waals surface area contributed by atoms with Crippen molar-refractivity contribution in [3.05, 3.63) is 53.6 Å². The number of H-pyrrole nitrogens is 1. The average Bonchev–Trinajstić information content (AvgIpc) is 2.97. The van der Waals surface area contributed by atoms with Crippen molar-refractivity contribution in [2.24, 2.45) is 0 Å². The second-order valence-corrected chi connectivity index (χ2v) is 6.25. The number of amides is 1. The van der Waals surface area contributed by atoms with Crippen molar-refractivity contribution in [2.75, 3.05) is 11.1 Å². The smallest absolute Gasteiger partial charge is 0.335 e. The normalized spacial score (nSPS) is 10.7. The zero-order valence-corrected chi connectivity index (χ0v) is 13.7. The minimum atomic E-state index is -0.988. The second-order valence-electron chi connectivity index (χ2n) is 5.28. The number of fused-ring (bicyclic) bond motifs is 1. The molecule has 0 atom stereocenters. The molecule has 0 spiro atoms. The van der Waals surface area contributed by atoms with Crippen LogP contribution in [0.5, 0.6) is 0 Å². The molecule has 0 saturated heterocycles. The molecule has 24 heavy (non-hydrogen) atoms. The quantitative estimate of drug-likeness (QED) is 0.619. The molecule has 3 N–H and O–H groups in total. The number of carboxylic acid groups (broad SMARTS) is 1. The van der Waals surface area contributed by atoms with Gasteiger partial charge in [0.05, 0.1) is 22.3 Å². The lowest BCUT2D eigenvalue weighted by Crippen LogP contribution is -2.14. The Morgan fingerprint density at radius 3 is 2.67 bits per heavy atom. The van der Waals surface area contributed by atoms with Crippen LogP contribution in [-0.4, -0.2) is 32.7 Å². The molecule has 0 aliphatic rings. The van der Waals surface area contributed by atoms with Gasteiger partial charge in [-0.05, 0) is 37.3 Å². The maximum atomic E-state index is 12.0. The molecular weight excluding hydrogens is 326 g/mol. The minimum Gasteiger partial charge on any atom is -0.478 e. The number of thioether (sulfide) groups is 1. The lowest BCUT2D eigenvalue weighted by molar-refractivity contribution is -0.113. The van der Waals surface area contributed by atoms with Crippen molar-refractivity contribution in [3.63, 3.8) is 0 Å². The topological polar surface area (TPSA) is 95.1 Å². The number of aryl methyl sites for hydroxylation is 1. The van der Waals surface area contributed by atoms with E-state index in [1.807, 2.05) is 31.2 Å². The summed E-state index contributed by atoms with van der Waals surface area (Å²) >= 11 is 1.26. The number of aromatic carboxylic acids is 1. The predicted molar refractivity (Wildman–Crippen MR) is 93.6 cm³/mol. The highest BCUT2D eigenvalue weighted by atomic mass is 32.2. The van der Waals surface area contributed by atoms with Crippen LogP contribution >= 0.6 is 11.8 Å². The number of carbonyl (C=O) groups is 2. The largest absolute Gasteiger partial charge is 0.478 e. The lowest BCUT2D eigenvalue weighted by Gasteiger charge is -2.04. The van der Waals surface area contributed by atoms with Crippen molar-refractivity contribution in [2.45, 2.75) is 12.1 Å². The Hall–Kier alpha value is -2.80. The number of carboxylic acids is 1. The summed E-state index contributed by atoms with van der Waals surface area (Å²) in [6, 6.07) is 12.2. The standard InChI is InChI=1S/C17H15N3O3S/c1-10-2-5-12(6-3-10)18-15(21)9-24-17-19-13-7-4-11(16(22)23)8-14(13)20-17/h2-8H,9H2,1H3,(H,18,21)(H,19,20)(H,22,23). The molecule has 1 aromatic heterocycles. The summed E-state index contributed by atoms with van der Waals surface area (Å²) in [4.78, 5) is 30.3. The molecule has 1 heterocycles. The van der Waals surface area contributed by atoms with Gasteiger partial charge in [0.1, 0.15) is 0 Å². The van der Waals surface area contributed by atoms with E-state index in [1.54, 1.807) is 6.07 Å². The number of hydrogen-bond donors (Lipinski definition) is 3. The van der Waals surface area contributed by atoms with Crippen LogP contribution in [0.4, 0.5) is 5.69 Å². The summed E-state index contributed by atoms with van der Waals surface area (Å²) in [5.41, 5.74) is 3.38. The van der Waals surface area contributed by atoms with E-state index in [9.17, 15) is 9.59 Å². The second kappa shape index (κ2) is 6.76. The van der Waals surface area contributed by atoms with Crippen LogP contribution in [-0.2, 0) is 4.79 Å². The van der Waals surface area contributed by atoms with Crippen LogP contribution in [0, 0.1) is 6.92 Å². The van der Waals surface area contributed by atoms with E-state index in [0.29, 0.717) is 16.2 Å². The third kappa shape index (κ3) is 3.75. The van der Waals surface area contributed by atoms with Gasteiger partial charge in [-0.15, -0.1) is 0 Å². The highest BCUT2D eigenvalue weighted by Gasteiger charge is 2.10. The first-order valence-corrected chi connectivity index (χ1v) is 8.22. The lowest BCUT2D eigenvalue weighted by atomic mass is 10.2. The van der Waals surface area contributed by atoms with E-state index in [0.717, 1.165) is 11.3 Å². The van der Waals surface area contributed by atoms with Crippen LogP contribution in [0.3, 0.4) is 0 Å². The van der Waals surface area contributed by atoms with Gasteiger partial charge in [-0.2, -0.15) is 0 Å². The van der Waals surface area contributed by atoms with Crippen molar-refractivity contribution in [1.82, 2.24) is 9.97 Å². The molecule has 2 aromatic carbocycles. The highest BCUT2D eigenvalue weighted by molar-refractivity contribution is 7.99. The SMILES string of the molecule is Cc1ccc(NC(=O)CSc2nc3ccc(C(=O)O)cc3[nH]2)cc1. The van der Waals surface area contributed by atoms with Gasteiger partial charge < -0.3 is 15.4 Å². The molecule has 122 valence electrons. The van der Waals surface area contributed by atoms with E-state index in [2.05, 4.69) is 15.3 Å². The summed E-state index contributed by atoms with van der Waals surface area (Å²) in [5, 5.41) is 12.4. The third-order valence-corrected chi connectivity index (χ3v) is 4.26. The Balaban J connectivity index is 1.63. The van der Waals surface area contributed by atoms with Gasteiger partial charge in [-0.25, -0.2) is 9.78 Å². The summed E-state index contributed by atoms with van der Waals surface area (Å²) < 4.78 is 0. The van der Waals surface area contributed by atoms with Crippen molar-refractivity contribution in [3.8, 4) is 0 Å². The average molecular weight is 341 g/mol. The Morgan fingerprint density at radius 1 is 1.21 bits per heavy atom. The Morgan fingerprint density at radius 2 is 1.96 bits per heavy atom. The van der Waals surface area contributed by atoms with Gasteiger partial charge in [0.25, 0.3) is 0 Å². The minimum absolute atomic E-state index is 0.129. The molecule has 0 aliphatic carbocycles. The van der Waals surface area contributed by atoms with Crippen LogP contribution in [0.2, 0.25) is 0 Å². The fourth-order valence-corrected chi connectivity index (χ4v) is 2.84. The number of carbonyl (C=O) groups excluding carboxylic acids is 1. The zero-order valence-electron chi connectivity index (χ0n) is 12.9. The van der Waals surface area contributed by atoms with Crippen molar-refractivity contribution in [1.29, 1.82) is 0 Å². The third-order valence-electron chi connectivity index (χ3n) is 3.38. The zero-order chi connectivity index (χ0) is 17.1.